The van der Waals surface area contributed by atoms with Crippen LogP contribution in [0.1, 0.15) is 29.8 Å². The molecule has 1 aliphatic heterocycles. The van der Waals surface area contributed by atoms with Crippen molar-refractivity contribution in [2.75, 3.05) is 37.7 Å². The van der Waals surface area contributed by atoms with Gasteiger partial charge in [-0.2, -0.15) is 0 Å². The summed E-state index contributed by atoms with van der Waals surface area (Å²) in [6, 6.07) is 12.5. The van der Waals surface area contributed by atoms with Crippen LogP contribution in [0.15, 0.2) is 53.6 Å². The van der Waals surface area contributed by atoms with Gasteiger partial charge in [-0.1, -0.05) is 30.3 Å². The smallest absolute Gasteiger partial charge is 0.343 e. The molecule has 1 saturated heterocycles. The number of benzene rings is 1. The normalized spacial score (nSPS) is 14.7. The molecule has 0 bridgehead atoms. The fraction of sp³-hybridized carbons (Fsp3) is 0.375. The summed E-state index contributed by atoms with van der Waals surface area (Å²) in [6.07, 6.45) is 3.20. The maximum atomic E-state index is 12.8. The van der Waals surface area contributed by atoms with E-state index in [1.807, 2.05) is 23.6 Å². The summed E-state index contributed by atoms with van der Waals surface area (Å²) >= 11 is 0. The number of carbonyl (C=O) groups excluding carboxylic acids is 1. The van der Waals surface area contributed by atoms with E-state index < -0.39 is 5.97 Å². The van der Waals surface area contributed by atoms with Gasteiger partial charge >= 0.3 is 5.97 Å². The van der Waals surface area contributed by atoms with E-state index in [0.717, 1.165) is 44.1 Å². The van der Waals surface area contributed by atoms with Gasteiger partial charge in [-0.05, 0) is 19.4 Å². The van der Waals surface area contributed by atoms with Crippen molar-refractivity contribution in [3.8, 4) is 0 Å². The second kappa shape index (κ2) is 9.31. The molecule has 31 heavy (non-hydrogen) atoms. The van der Waals surface area contributed by atoms with Crippen LogP contribution in [0.5, 0.6) is 0 Å². The molecule has 3 heterocycles. The van der Waals surface area contributed by atoms with E-state index in [0.29, 0.717) is 11.9 Å². The maximum Gasteiger partial charge on any atom is 0.343 e. The van der Waals surface area contributed by atoms with Crippen LogP contribution >= 0.6 is 0 Å². The largest absolute Gasteiger partial charge is 0.462 e. The topological polar surface area (TPSA) is 67.7 Å². The summed E-state index contributed by atoms with van der Waals surface area (Å²) < 4.78 is 6.96. The molecule has 0 amide bonds. The highest BCUT2D eigenvalue weighted by Gasteiger charge is 2.21. The molecule has 0 spiro atoms. The Balaban J connectivity index is 1.55. The number of anilines is 1. The summed E-state index contributed by atoms with van der Waals surface area (Å²) in [7, 11) is 0. The van der Waals surface area contributed by atoms with Gasteiger partial charge in [0.1, 0.15) is 11.4 Å². The van der Waals surface area contributed by atoms with Gasteiger partial charge in [0.05, 0.1) is 17.5 Å². The number of rotatable bonds is 6. The lowest BCUT2D eigenvalue weighted by Gasteiger charge is -2.35. The summed E-state index contributed by atoms with van der Waals surface area (Å²) in [4.78, 5) is 34.3. The highest BCUT2D eigenvalue weighted by molar-refractivity contribution is 5.94. The van der Waals surface area contributed by atoms with Crippen molar-refractivity contribution < 1.29 is 9.53 Å². The predicted octanol–water partition coefficient (Wildman–Crippen LogP) is 2.92. The summed E-state index contributed by atoms with van der Waals surface area (Å²) in [5, 5.41) is 0.443. The van der Waals surface area contributed by atoms with E-state index in [2.05, 4.69) is 39.0 Å². The molecule has 7 nitrogen and oxygen atoms in total. The van der Waals surface area contributed by atoms with Gasteiger partial charge in [0.25, 0.3) is 0 Å². The SMILES string of the molecule is CCOC(=O)c1cn(CC)c2cc(N3CCN(Cc4ccccc4)CC3)ncc2c1=O. The molecule has 0 radical (unpaired) electrons. The molecular formula is C24H28N4O3. The molecule has 2 aromatic heterocycles. The Kier molecular flexibility index (Phi) is 6.32. The number of fused-ring (bicyclic) bond motifs is 1. The number of nitrogens with zero attached hydrogens (tertiary/aromatic N) is 4. The van der Waals surface area contributed by atoms with Crippen LogP contribution in [0.2, 0.25) is 0 Å². The Morgan fingerprint density at radius 2 is 1.84 bits per heavy atom. The zero-order valence-corrected chi connectivity index (χ0v) is 18.1. The van der Waals surface area contributed by atoms with Crippen LogP contribution in [-0.2, 0) is 17.8 Å². The number of hydrogen-bond acceptors (Lipinski definition) is 6. The number of carbonyl (C=O) groups is 1. The Morgan fingerprint density at radius 3 is 2.52 bits per heavy atom. The molecule has 1 aromatic carbocycles. The molecule has 0 N–H and O–H groups in total. The molecule has 162 valence electrons. The highest BCUT2D eigenvalue weighted by atomic mass is 16.5. The minimum atomic E-state index is -0.588. The third kappa shape index (κ3) is 4.46. The standard InChI is InChI=1S/C24H28N4O3/c1-3-27-17-20(24(30)31-4-2)23(29)19-15-25-22(14-21(19)27)28-12-10-26(11-13-28)16-18-8-6-5-7-9-18/h5-9,14-15,17H,3-4,10-13,16H2,1-2H3. The first-order chi connectivity index (χ1) is 15.1. The van der Waals surface area contributed by atoms with E-state index >= 15 is 0 Å². The van der Waals surface area contributed by atoms with Gasteiger partial charge in [0, 0.05) is 57.7 Å². The van der Waals surface area contributed by atoms with Crippen LogP contribution in [0.4, 0.5) is 5.82 Å². The van der Waals surface area contributed by atoms with Crippen LogP contribution in [0, 0.1) is 0 Å². The average molecular weight is 421 g/mol. The third-order valence-electron chi connectivity index (χ3n) is 5.73. The number of aromatic nitrogens is 2. The van der Waals surface area contributed by atoms with Gasteiger partial charge in [-0.25, -0.2) is 9.78 Å². The molecule has 7 heteroatoms. The van der Waals surface area contributed by atoms with E-state index in [1.165, 1.54) is 5.56 Å². The van der Waals surface area contributed by atoms with Crippen LogP contribution < -0.4 is 10.3 Å². The van der Waals surface area contributed by atoms with Crippen molar-refractivity contribution in [3.05, 3.63) is 70.1 Å². The third-order valence-corrected chi connectivity index (χ3v) is 5.73. The minimum Gasteiger partial charge on any atom is -0.462 e. The Labute approximate surface area is 181 Å². The summed E-state index contributed by atoms with van der Waals surface area (Å²) in [5.74, 6) is 0.271. The summed E-state index contributed by atoms with van der Waals surface area (Å²) in [5.41, 5.74) is 1.84. The number of esters is 1. The van der Waals surface area contributed by atoms with E-state index in [9.17, 15) is 9.59 Å². The molecule has 0 aliphatic carbocycles. The van der Waals surface area contributed by atoms with Gasteiger partial charge in [-0.3, -0.25) is 9.69 Å². The summed E-state index contributed by atoms with van der Waals surface area (Å²) in [6.45, 7) is 9.20. The average Bonchev–Trinajstić information content (AvgIpc) is 2.80. The molecule has 0 unspecified atom stereocenters. The van der Waals surface area contributed by atoms with Crippen molar-refractivity contribution >= 4 is 22.7 Å². The van der Waals surface area contributed by atoms with E-state index in [-0.39, 0.29) is 17.6 Å². The molecular weight excluding hydrogens is 392 g/mol. The molecule has 1 fully saturated rings. The zero-order valence-electron chi connectivity index (χ0n) is 18.1. The minimum absolute atomic E-state index is 0.0558. The second-order valence-corrected chi connectivity index (χ2v) is 7.69. The fourth-order valence-electron chi connectivity index (χ4n) is 4.04. The Bertz CT molecular complexity index is 1120. The number of hydrogen-bond donors (Lipinski definition) is 0. The van der Waals surface area contributed by atoms with Gasteiger partial charge < -0.3 is 14.2 Å². The van der Waals surface area contributed by atoms with Crippen molar-refractivity contribution in [1.29, 1.82) is 0 Å². The highest BCUT2D eigenvalue weighted by Crippen LogP contribution is 2.20. The first-order valence-electron chi connectivity index (χ1n) is 10.8. The lowest BCUT2D eigenvalue weighted by Crippen LogP contribution is -2.46. The lowest BCUT2D eigenvalue weighted by atomic mass is 10.1. The first kappa shape index (κ1) is 21.1. The Hall–Kier alpha value is -3.19. The first-order valence-corrected chi connectivity index (χ1v) is 10.8. The van der Waals surface area contributed by atoms with Crippen LogP contribution in [0.25, 0.3) is 10.9 Å². The number of aryl methyl sites for hydroxylation is 1. The Morgan fingerprint density at radius 1 is 1.10 bits per heavy atom. The van der Waals surface area contributed by atoms with E-state index in [4.69, 9.17) is 4.74 Å². The molecule has 3 aromatic rings. The van der Waals surface area contributed by atoms with Gasteiger partial charge in [0.15, 0.2) is 0 Å². The second-order valence-electron chi connectivity index (χ2n) is 7.69. The van der Waals surface area contributed by atoms with Crippen LogP contribution in [-0.4, -0.2) is 53.2 Å². The number of piperazine rings is 1. The van der Waals surface area contributed by atoms with Crippen LogP contribution in [0.3, 0.4) is 0 Å². The quantitative estimate of drug-likeness (QED) is 0.571. The molecule has 1 aliphatic rings. The van der Waals surface area contributed by atoms with Gasteiger partial charge in [-0.15, -0.1) is 0 Å². The van der Waals surface area contributed by atoms with Crippen molar-refractivity contribution in [2.24, 2.45) is 0 Å². The molecule has 4 rings (SSSR count). The number of pyridine rings is 2. The van der Waals surface area contributed by atoms with Crippen molar-refractivity contribution in [3.63, 3.8) is 0 Å². The van der Waals surface area contributed by atoms with E-state index in [1.54, 1.807) is 19.3 Å². The molecule has 0 saturated carbocycles. The fourth-order valence-corrected chi connectivity index (χ4v) is 4.04. The zero-order chi connectivity index (χ0) is 21.8. The van der Waals surface area contributed by atoms with Crippen molar-refractivity contribution in [1.82, 2.24) is 14.5 Å². The predicted molar refractivity (Wildman–Crippen MR) is 122 cm³/mol. The van der Waals surface area contributed by atoms with Crippen molar-refractivity contribution in [2.45, 2.75) is 26.9 Å². The molecule has 0 atom stereocenters. The van der Waals surface area contributed by atoms with Gasteiger partial charge in [0.2, 0.25) is 5.43 Å². The lowest BCUT2D eigenvalue weighted by molar-refractivity contribution is 0.0524. The monoisotopic (exact) mass is 420 g/mol. The number of ether oxygens (including phenoxy) is 1. The maximum absolute atomic E-state index is 12.8.